The number of hydrogen-bond acceptors (Lipinski definition) is 4. The van der Waals surface area contributed by atoms with Gasteiger partial charge in [0.05, 0.1) is 0 Å². The number of nitrogens with zero attached hydrogens (tertiary/aromatic N) is 1. The van der Waals surface area contributed by atoms with Crippen LogP contribution in [0.3, 0.4) is 0 Å². The second kappa shape index (κ2) is 6.22. The highest BCUT2D eigenvalue weighted by Crippen LogP contribution is 2.09. The van der Waals surface area contributed by atoms with E-state index >= 15 is 0 Å². The third kappa shape index (κ3) is 3.03. The number of hydrogen-bond donors (Lipinski definition) is 2. The van der Waals surface area contributed by atoms with Gasteiger partial charge in [0, 0.05) is 17.5 Å². The van der Waals surface area contributed by atoms with Gasteiger partial charge in [0.25, 0.3) is 0 Å². The van der Waals surface area contributed by atoms with Crippen molar-refractivity contribution in [1.82, 2.24) is 10.7 Å². The molecule has 2 aromatic rings. The van der Waals surface area contributed by atoms with E-state index in [9.17, 15) is 9.59 Å². The molecule has 2 aromatic carbocycles. The van der Waals surface area contributed by atoms with Gasteiger partial charge in [-0.05, 0) is 0 Å². The molecule has 1 aliphatic heterocycles. The van der Waals surface area contributed by atoms with Crippen LogP contribution in [0, 0.1) is 0 Å². The fourth-order valence-electron chi connectivity index (χ4n) is 2.23. The van der Waals surface area contributed by atoms with E-state index in [0.29, 0.717) is 11.4 Å². The third-order valence-corrected chi connectivity index (χ3v) is 3.42. The van der Waals surface area contributed by atoms with Crippen LogP contribution in [0.4, 0.5) is 0 Å². The first-order chi connectivity index (χ1) is 10.7. The van der Waals surface area contributed by atoms with Crippen LogP contribution in [0.2, 0.25) is 0 Å². The number of nitrogens with one attached hydrogen (secondary N) is 2. The summed E-state index contributed by atoms with van der Waals surface area (Å²) in [6, 6.07) is 17.6. The molecule has 1 amide bonds. The average Bonchev–Trinajstić information content (AvgIpc) is 2.58. The first-order valence-electron chi connectivity index (χ1n) is 7.02. The lowest BCUT2D eigenvalue weighted by atomic mass is 10.0. The lowest BCUT2D eigenvalue weighted by Crippen LogP contribution is -2.51. The van der Waals surface area contributed by atoms with Gasteiger partial charge in [-0.25, -0.2) is 0 Å². The van der Waals surface area contributed by atoms with E-state index in [1.165, 1.54) is 0 Å². The second-order valence-electron chi connectivity index (χ2n) is 4.99. The molecular formula is C17H15N3O2. The normalized spacial score (nSPS) is 17.2. The molecule has 5 heteroatoms. The van der Waals surface area contributed by atoms with Gasteiger partial charge in [-0.3, -0.25) is 15.0 Å². The molecule has 0 saturated heterocycles. The van der Waals surface area contributed by atoms with Crippen molar-refractivity contribution >= 4 is 17.5 Å². The Kier molecular flexibility index (Phi) is 3.96. The molecule has 3 rings (SSSR count). The van der Waals surface area contributed by atoms with Crippen molar-refractivity contribution < 1.29 is 9.59 Å². The van der Waals surface area contributed by atoms with Crippen molar-refractivity contribution in [2.45, 2.75) is 12.5 Å². The van der Waals surface area contributed by atoms with Crippen molar-refractivity contribution in [1.29, 1.82) is 0 Å². The fourth-order valence-corrected chi connectivity index (χ4v) is 2.23. The highest BCUT2D eigenvalue weighted by molar-refractivity contribution is 6.11. The summed E-state index contributed by atoms with van der Waals surface area (Å²) >= 11 is 0. The third-order valence-electron chi connectivity index (χ3n) is 3.42. The minimum Gasteiger partial charge on any atom is -0.307 e. The van der Waals surface area contributed by atoms with Crippen LogP contribution in [-0.2, 0) is 4.79 Å². The van der Waals surface area contributed by atoms with Gasteiger partial charge in [-0.2, -0.15) is 5.10 Å². The number of amides is 1. The molecule has 0 radical (unpaired) electrons. The number of benzene rings is 2. The van der Waals surface area contributed by atoms with Crippen molar-refractivity contribution in [3.8, 4) is 0 Å². The molecule has 0 aromatic heterocycles. The maximum absolute atomic E-state index is 12.1. The summed E-state index contributed by atoms with van der Waals surface area (Å²) in [5, 5.41) is 6.90. The smallest absolute Gasteiger partial charge is 0.250 e. The van der Waals surface area contributed by atoms with Gasteiger partial charge < -0.3 is 5.32 Å². The van der Waals surface area contributed by atoms with Crippen LogP contribution >= 0.6 is 0 Å². The van der Waals surface area contributed by atoms with Crippen molar-refractivity contribution in [2.24, 2.45) is 5.10 Å². The minimum atomic E-state index is -0.653. The SMILES string of the molecule is O=C(CC1NN=C(c2ccccc2)NC1=O)c1ccccc1. The summed E-state index contributed by atoms with van der Waals surface area (Å²) in [5.41, 5.74) is 4.18. The molecule has 1 heterocycles. The summed E-state index contributed by atoms with van der Waals surface area (Å²) in [6.45, 7) is 0. The van der Waals surface area contributed by atoms with Crippen LogP contribution < -0.4 is 10.7 Å². The predicted molar refractivity (Wildman–Crippen MR) is 83.4 cm³/mol. The van der Waals surface area contributed by atoms with Crippen molar-refractivity contribution in [3.05, 3.63) is 71.8 Å². The second-order valence-corrected chi connectivity index (χ2v) is 4.99. The van der Waals surface area contributed by atoms with Gasteiger partial charge in [0.1, 0.15) is 6.04 Å². The zero-order valence-corrected chi connectivity index (χ0v) is 11.8. The Morgan fingerprint density at radius 1 is 1.00 bits per heavy atom. The van der Waals surface area contributed by atoms with Gasteiger partial charge >= 0.3 is 0 Å². The lowest BCUT2D eigenvalue weighted by molar-refractivity contribution is -0.122. The van der Waals surface area contributed by atoms with Gasteiger partial charge in [-0.1, -0.05) is 60.7 Å². The summed E-state index contributed by atoms with van der Waals surface area (Å²) in [5.74, 6) is 0.124. The lowest BCUT2D eigenvalue weighted by Gasteiger charge is -2.22. The number of Topliss-reactive ketones (excluding diaryl/α,β-unsaturated/α-hetero) is 1. The Morgan fingerprint density at radius 3 is 2.27 bits per heavy atom. The molecule has 0 saturated carbocycles. The molecule has 1 atom stereocenters. The van der Waals surface area contributed by atoms with Crippen molar-refractivity contribution in [2.75, 3.05) is 0 Å². The maximum Gasteiger partial charge on any atom is 0.250 e. The predicted octanol–water partition coefficient (Wildman–Crippen LogP) is 1.71. The zero-order valence-electron chi connectivity index (χ0n) is 11.8. The number of rotatable bonds is 4. The minimum absolute atomic E-state index is 0.0708. The van der Waals surface area contributed by atoms with Crippen LogP contribution in [0.5, 0.6) is 0 Å². The molecule has 0 fully saturated rings. The highest BCUT2D eigenvalue weighted by atomic mass is 16.2. The number of carbonyl (C=O) groups is 2. The van der Waals surface area contributed by atoms with E-state index in [4.69, 9.17) is 0 Å². The zero-order chi connectivity index (χ0) is 15.4. The summed E-state index contributed by atoms with van der Waals surface area (Å²) in [6.07, 6.45) is 0.0708. The average molecular weight is 293 g/mol. The van der Waals surface area contributed by atoms with E-state index in [0.717, 1.165) is 5.56 Å². The standard InChI is InChI=1S/C17H15N3O2/c21-15(12-7-3-1-4-8-12)11-14-17(22)18-16(20-19-14)13-9-5-2-6-10-13/h1-10,14,19H,11H2,(H,18,20,22). The molecule has 1 unspecified atom stereocenters. The summed E-state index contributed by atoms with van der Waals surface area (Å²) < 4.78 is 0. The first kappa shape index (κ1) is 14.0. The van der Waals surface area contributed by atoms with Crippen LogP contribution in [0.25, 0.3) is 0 Å². The molecule has 22 heavy (non-hydrogen) atoms. The topological polar surface area (TPSA) is 70.6 Å². The van der Waals surface area contributed by atoms with Crippen molar-refractivity contribution in [3.63, 3.8) is 0 Å². The van der Waals surface area contributed by atoms with Crippen LogP contribution in [-0.4, -0.2) is 23.6 Å². The van der Waals surface area contributed by atoms with Gasteiger partial charge in [0.15, 0.2) is 11.6 Å². The fraction of sp³-hybridized carbons (Fsp3) is 0.118. The number of amidine groups is 1. The quantitative estimate of drug-likeness (QED) is 0.843. The highest BCUT2D eigenvalue weighted by Gasteiger charge is 2.26. The van der Waals surface area contributed by atoms with Crippen LogP contribution in [0.15, 0.2) is 65.8 Å². The molecule has 2 N–H and O–H groups in total. The molecule has 0 spiro atoms. The molecule has 0 aliphatic carbocycles. The first-order valence-corrected chi connectivity index (χ1v) is 7.02. The van der Waals surface area contributed by atoms with E-state index in [1.807, 2.05) is 36.4 Å². The van der Waals surface area contributed by atoms with E-state index < -0.39 is 6.04 Å². The van der Waals surface area contributed by atoms with Gasteiger partial charge in [0.2, 0.25) is 5.91 Å². The van der Waals surface area contributed by atoms with E-state index in [2.05, 4.69) is 15.8 Å². The molecule has 1 aliphatic rings. The maximum atomic E-state index is 12.1. The number of carbonyl (C=O) groups excluding carboxylic acids is 2. The Morgan fingerprint density at radius 2 is 1.64 bits per heavy atom. The number of hydrazone groups is 1. The Hall–Kier alpha value is -2.95. The van der Waals surface area contributed by atoms with Gasteiger partial charge in [-0.15, -0.1) is 0 Å². The molecular weight excluding hydrogens is 278 g/mol. The summed E-state index contributed by atoms with van der Waals surface area (Å²) in [4.78, 5) is 24.3. The van der Waals surface area contributed by atoms with E-state index in [1.54, 1.807) is 24.3 Å². The molecule has 110 valence electrons. The molecule has 0 bridgehead atoms. The Bertz CT molecular complexity index is 711. The molecule has 5 nitrogen and oxygen atoms in total. The largest absolute Gasteiger partial charge is 0.307 e. The Labute approximate surface area is 128 Å². The Balaban J connectivity index is 1.69. The van der Waals surface area contributed by atoms with E-state index in [-0.39, 0.29) is 18.1 Å². The monoisotopic (exact) mass is 293 g/mol. The van der Waals surface area contributed by atoms with Crippen LogP contribution in [0.1, 0.15) is 22.3 Å². The summed E-state index contributed by atoms with van der Waals surface area (Å²) in [7, 11) is 0. The number of ketones is 1.